The van der Waals surface area contributed by atoms with E-state index in [1.165, 1.54) is 36.0 Å². The van der Waals surface area contributed by atoms with Crippen molar-refractivity contribution in [1.29, 1.82) is 0 Å². The number of benzene rings is 2. The molecule has 1 heterocycles. The minimum absolute atomic E-state index is 0.00954. The normalized spacial score (nSPS) is 13.2. The van der Waals surface area contributed by atoms with Gasteiger partial charge >= 0.3 is 0 Å². The lowest BCUT2D eigenvalue weighted by Gasteiger charge is -2.15. The van der Waals surface area contributed by atoms with Crippen molar-refractivity contribution < 1.29 is 4.79 Å². The summed E-state index contributed by atoms with van der Waals surface area (Å²) in [7, 11) is 0. The molecule has 27 heavy (non-hydrogen) atoms. The van der Waals surface area contributed by atoms with Crippen LogP contribution in [0.15, 0.2) is 59.8 Å². The van der Waals surface area contributed by atoms with Gasteiger partial charge in [-0.25, -0.2) is 4.98 Å². The van der Waals surface area contributed by atoms with Crippen LogP contribution in [-0.4, -0.2) is 21.2 Å². The predicted molar refractivity (Wildman–Crippen MR) is 119 cm³/mol. The number of nitrogens with one attached hydrogen (secondary N) is 1. The number of nitrogens with zero attached hydrogens (tertiary/aromatic N) is 2. The lowest BCUT2D eigenvalue weighted by molar-refractivity contribution is -0.113. The largest absolute Gasteiger partial charge is 0.324 e. The van der Waals surface area contributed by atoms with Crippen molar-refractivity contribution in [1.82, 2.24) is 9.55 Å². The maximum atomic E-state index is 12.5. The molecule has 0 aliphatic heterocycles. The van der Waals surface area contributed by atoms with Crippen molar-refractivity contribution in [3.05, 3.63) is 69.6 Å². The maximum absolute atomic E-state index is 12.5. The maximum Gasteiger partial charge on any atom is 0.234 e. The first-order valence-corrected chi connectivity index (χ1v) is 11.1. The molecule has 1 N–H and O–H groups in total. The second-order valence-electron chi connectivity index (χ2n) is 6.48. The predicted octanol–water partition coefficient (Wildman–Crippen LogP) is 5.09. The van der Waals surface area contributed by atoms with E-state index >= 15 is 0 Å². The van der Waals surface area contributed by atoms with Gasteiger partial charge in [-0.1, -0.05) is 42.1 Å². The highest BCUT2D eigenvalue weighted by Crippen LogP contribution is 2.30. The molecular formula is C21H20IN3OS. The molecule has 1 aromatic heterocycles. The van der Waals surface area contributed by atoms with E-state index < -0.39 is 0 Å². The minimum atomic E-state index is -0.00954. The molecular weight excluding hydrogens is 469 g/mol. The van der Waals surface area contributed by atoms with Gasteiger partial charge in [0.15, 0.2) is 5.16 Å². The molecule has 138 valence electrons. The summed E-state index contributed by atoms with van der Waals surface area (Å²) in [6, 6.07) is 18.1. The van der Waals surface area contributed by atoms with E-state index in [1.807, 2.05) is 42.5 Å². The number of aryl methyl sites for hydroxylation is 1. The van der Waals surface area contributed by atoms with Crippen LogP contribution >= 0.6 is 34.4 Å². The van der Waals surface area contributed by atoms with Crippen molar-refractivity contribution in [3.8, 4) is 5.69 Å². The van der Waals surface area contributed by atoms with Crippen LogP contribution in [0.1, 0.15) is 24.2 Å². The van der Waals surface area contributed by atoms with Crippen molar-refractivity contribution in [2.24, 2.45) is 0 Å². The number of rotatable bonds is 5. The fourth-order valence-electron chi connectivity index (χ4n) is 3.33. The zero-order chi connectivity index (χ0) is 18.6. The molecule has 0 spiro atoms. The summed E-state index contributed by atoms with van der Waals surface area (Å²) in [6.07, 6.45) is 4.46. The van der Waals surface area contributed by atoms with Crippen molar-refractivity contribution >= 4 is 45.9 Å². The molecule has 0 fully saturated rings. The Morgan fingerprint density at radius 2 is 1.81 bits per heavy atom. The summed E-state index contributed by atoms with van der Waals surface area (Å²) in [4.78, 5) is 17.3. The van der Waals surface area contributed by atoms with Crippen LogP contribution < -0.4 is 5.32 Å². The Morgan fingerprint density at radius 3 is 2.63 bits per heavy atom. The van der Waals surface area contributed by atoms with Crippen molar-refractivity contribution in [2.45, 2.75) is 30.8 Å². The standard InChI is InChI=1S/C21H20IN3OS/c22-16-10-4-5-11-17(16)23-20(26)14-27-21-24-18-12-6-7-13-19(18)25(21)15-8-2-1-3-9-15/h1-5,8-11H,6-7,12-14H2,(H,23,26). The second kappa shape index (κ2) is 8.48. The molecule has 4 nitrogen and oxygen atoms in total. The third kappa shape index (κ3) is 4.21. The van der Waals surface area contributed by atoms with Crippen LogP contribution in [0.5, 0.6) is 0 Å². The number of fused-ring (bicyclic) bond motifs is 1. The summed E-state index contributed by atoms with van der Waals surface area (Å²) in [6.45, 7) is 0. The highest BCUT2D eigenvalue weighted by molar-refractivity contribution is 14.1. The number of carbonyl (C=O) groups excluding carboxylic acids is 1. The van der Waals surface area contributed by atoms with E-state index in [2.05, 4.69) is 44.6 Å². The number of carbonyl (C=O) groups is 1. The van der Waals surface area contributed by atoms with Gasteiger partial charge in [0.2, 0.25) is 5.91 Å². The number of thioether (sulfide) groups is 1. The first kappa shape index (κ1) is 18.6. The van der Waals surface area contributed by atoms with Crippen LogP contribution in [0.3, 0.4) is 0 Å². The zero-order valence-corrected chi connectivity index (χ0v) is 17.8. The minimum Gasteiger partial charge on any atom is -0.324 e. The summed E-state index contributed by atoms with van der Waals surface area (Å²) < 4.78 is 3.27. The van der Waals surface area contributed by atoms with Crippen molar-refractivity contribution in [3.63, 3.8) is 0 Å². The van der Waals surface area contributed by atoms with Gasteiger partial charge in [0.1, 0.15) is 0 Å². The lowest BCUT2D eigenvalue weighted by Crippen LogP contribution is -2.15. The van der Waals surface area contributed by atoms with Gasteiger partial charge < -0.3 is 5.32 Å². The molecule has 2 aromatic carbocycles. The number of imidazole rings is 1. The molecule has 1 aliphatic carbocycles. The Labute approximate surface area is 176 Å². The number of hydrogen-bond donors (Lipinski definition) is 1. The molecule has 0 atom stereocenters. The van der Waals surface area contributed by atoms with Gasteiger partial charge in [-0.05, 0) is 72.5 Å². The van der Waals surface area contributed by atoms with Crippen LogP contribution in [0.25, 0.3) is 5.69 Å². The topological polar surface area (TPSA) is 46.9 Å². The first-order chi connectivity index (χ1) is 13.2. The Morgan fingerprint density at radius 1 is 1.07 bits per heavy atom. The highest BCUT2D eigenvalue weighted by Gasteiger charge is 2.21. The summed E-state index contributed by atoms with van der Waals surface area (Å²) >= 11 is 3.74. The molecule has 0 saturated carbocycles. The molecule has 6 heteroatoms. The average molecular weight is 489 g/mol. The Balaban J connectivity index is 1.54. The van der Waals surface area contributed by atoms with Crippen molar-refractivity contribution in [2.75, 3.05) is 11.1 Å². The number of aromatic nitrogens is 2. The Hall–Kier alpha value is -1.80. The monoisotopic (exact) mass is 489 g/mol. The van der Waals surface area contributed by atoms with E-state index in [4.69, 9.17) is 4.98 Å². The van der Waals surface area contributed by atoms with E-state index in [1.54, 1.807) is 0 Å². The van der Waals surface area contributed by atoms with Crippen LogP contribution in [0, 0.1) is 3.57 Å². The Kier molecular flexibility index (Phi) is 5.83. The summed E-state index contributed by atoms with van der Waals surface area (Å²) in [5.41, 5.74) is 4.46. The van der Waals surface area contributed by atoms with Crippen LogP contribution in [-0.2, 0) is 17.6 Å². The lowest BCUT2D eigenvalue weighted by atomic mass is 10.0. The molecule has 4 rings (SSSR count). The van der Waals surface area contributed by atoms with Gasteiger partial charge in [-0.2, -0.15) is 0 Å². The smallest absolute Gasteiger partial charge is 0.234 e. The molecule has 1 aliphatic rings. The Bertz CT molecular complexity index is 955. The van der Waals surface area contributed by atoms with E-state index in [-0.39, 0.29) is 5.91 Å². The first-order valence-electron chi connectivity index (χ1n) is 9.05. The van der Waals surface area contributed by atoms with Gasteiger partial charge in [-0.3, -0.25) is 9.36 Å². The van der Waals surface area contributed by atoms with Crippen LogP contribution in [0.4, 0.5) is 5.69 Å². The highest BCUT2D eigenvalue weighted by atomic mass is 127. The van der Waals surface area contributed by atoms with Gasteiger partial charge in [-0.15, -0.1) is 0 Å². The number of hydrogen-bond acceptors (Lipinski definition) is 3. The number of amides is 1. The van der Waals surface area contributed by atoms with E-state index in [9.17, 15) is 4.79 Å². The summed E-state index contributed by atoms with van der Waals surface area (Å²) in [5, 5.41) is 3.91. The third-order valence-electron chi connectivity index (χ3n) is 4.60. The molecule has 3 aromatic rings. The van der Waals surface area contributed by atoms with Gasteiger partial charge in [0, 0.05) is 15.0 Å². The number of anilines is 1. The number of halogens is 1. The van der Waals surface area contributed by atoms with E-state index in [0.717, 1.165) is 32.9 Å². The third-order valence-corrected chi connectivity index (χ3v) is 6.48. The van der Waals surface area contributed by atoms with Gasteiger partial charge in [0.05, 0.1) is 17.1 Å². The SMILES string of the molecule is O=C(CSc1nc2c(n1-c1ccccc1)CCCC2)Nc1ccccc1I. The quantitative estimate of drug-likeness (QED) is 0.402. The summed E-state index contributed by atoms with van der Waals surface area (Å²) in [5.74, 6) is 0.331. The zero-order valence-electron chi connectivity index (χ0n) is 14.8. The number of para-hydroxylation sites is 2. The van der Waals surface area contributed by atoms with Gasteiger partial charge in [0.25, 0.3) is 0 Å². The second-order valence-corrected chi connectivity index (χ2v) is 8.59. The molecule has 0 bridgehead atoms. The molecule has 0 saturated heterocycles. The molecule has 0 unspecified atom stereocenters. The van der Waals surface area contributed by atoms with Crippen LogP contribution in [0.2, 0.25) is 0 Å². The molecule has 1 amide bonds. The fourth-order valence-corrected chi connectivity index (χ4v) is 4.71. The fraction of sp³-hybridized carbons (Fsp3) is 0.238. The molecule has 0 radical (unpaired) electrons. The average Bonchev–Trinajstić information content (AvgIpc) is 3.07. The van der Waals surface area contributed by atoms with E-state index in [0.29, 0.717) is 5.75 Å².